The summed E-state index contributed by atoms with van der Waals surface area (Å²) in [5.41, 5.74) is 8.48. The van der Waals surface area contributed by atoms with Crippen LogP contribution in [0.2, 0.25) is 0 Å². The minimum atomic E-state index is -0.978. The summed E-state index contributed by atoms with van der Waals surface area (Å²) in [6, 6.07) is 12.0. The summed E-state index contributed by atoms with van der Waals surface area (Å²) in [5.74, 6) is -0.517. The minimum Gasteiger partial charge on any atom is -0.489 e. The Labute approximate surface area is 192 Å². The Balaban J connectivity index is 1.65. The molecule has 1 amide bonds. The van der Waals surface area contributed by atoms with Gasteiger partial charge in [-0.25, -0.2) is 0 Å². The molecule has 2 aromatic carbocycles. The van der Waals surface area contributed by atoms with Crippen molar-refractivity contribution in [2.45, 2.75) is 25.5 Å². The van der Waals surface area contributed by atoms with Crippen molar-refractivity contribution >= 4 is 17.7 Å². The molecule has 176 valence electrons. The number of benzene rings is 2. The van der Waals surface area contributed by atoms with Crippen molar-refractivity contribution in [1.29, 1.82) is 5.41 Å². The van der Waals surface area contributed by atoms with E-state index in [1.165, 1.54) is 0 Å². The molecule has 4 N–H and O–H groups in total. The van der Waals surface area contributed by atoms with Gasteiger partial charge in [-0.2, -0.15) is 0 Å². The summed E-state index contributed by atoms with van der Waals surface area (Å²) in [4.78, 5) is 26.0. The second-order valence-electron chi connectivity index (χ2n) is 7.79. The fourth-order valence-electron chi connectivity index (χ4n) is 3.69. The van der Waals surface area contributed by atoms with Crippen molar-refractivity contribution in [3.63, 3.8) is 0 Å². The predicted octanol–water partition coefficient (Wildman–Crippen LogP) is 2.05. The standard InChI is InChI=1S/C24H29N3O6/c1-31-10-11-32-15-19(13-22(28)29)27-9-8-18-12-20(6-7-21(18)24(27)30)33-14-16-2-4-17(5-3-16)23(25)26/h2-7,12,19H,8-11,13-15H2,1H3,(H3,25,26)(H,28,29). The summed E-state index contributed by atoms with van der Waals surface area (Å²) < 4.78 is 16.3. The molecule has 0 saturated heterocycles. The molecule has 3 rings (SSSR count). The molecule has 0 aromatic heterocycles. The number of aliphatic carboxylic acids is 1. The molecular formula is C24H29N3O6. The number of fused-ring (bicyclic) bond motifs is 1. The lowest BCUT2D eigenvalue weighted by molar-refractivity contribution is -0.138. The molecule has 33 heavy (non-hydrogen) atoms. The Morgan fingerprint density at radius 3 is 2.64 bits per heavy atom. The second-order valence-corrected chi connectivity index (χ2v) is 7.79. The van der Waals surface area contributed by atoms with E-state index < -0.39 is 12.0 Å². The number of amides is 1. The van der Waals surface area contributed by atoms with Gasteiger partial charge in [-0.05, 0) is 35.7 Å². The van der Waals surface area contributed by atoms with Gasteiger partial charge in [-0.15, -0.1) is 0 Å². The van der Waals surface area contributed by atoms with Crippen molar-refractivity contribution in [1.82, 2.24) is 4.90 Å². The number of ether oxygens (including phenoxy) is 3. The van der Waals surface area contributed by atoms with Gasteiger partial charge in [0.1, 0.15) is 18.2 Å². The third kappa shape index (κ3) is 6.53. The molecule has 2 aromatic rings. The quantitative estimate of drug-likeness (QED) is 0.253. The van der Waals surface area contributed by atoms with E-state index in [0.717, 1.165) is 11.1 Å². The lowest BCUT2D eigenvalue weighted by atomic mass is 9.96. The van der Waals surface area contributed by atoms with Crippen molar-refractivity contribution in [3.8, 4) is 5.75 Å². The van der Waals surface area contributed by atoms with Gasteiger partial charge >= 0.3 is 5.97 Å². The van der Waals surface area contributed by atoms with Crippen molar-refractivity contribution in [2.75, 3.05) is 33.5 Å². The Morgan fingerprint density at radius 2 is 1.97 bits per heavy atom. The number of hydrogen-bond donors (Lipinski definition) is 3. The van der Waals surface area contributed by atoms with E-state index >= 15 is 0 Å². The van der Waals surface area contributed by atoms with E-state index in [0.29, 0.717) is 49.7 Å². The molecule has 1 aliphatic heterocycles. The molecule has 0 aliphatic carbocycles. The third-order valence-corrected chi connectivity index (χ3v) is 5.45. The molecule has 9 nitrogen and oxygen atoms in total. The fourth-order valence-corrected chi connectivity index (χ4v) is 3.69. The Morgan fingerprint density at radius 1 is 1.21 bits per heavy atom. The average Bonchev–Trinajstić information content (AvgIpc) is 2.80. The number of carboxylic acid groups (broad SMARTS) is 1. The van der Waals surface area contributed by atoms with Crippen molar-refractivity contribution in [3.05, 3.63) is 64.7 Å². The van der Waals surface area contributed by atoms with Crippen LogP contribution in [0.5, 0.6) is 5.75 Å². The van der Waals surface area contributed by atoms with E-state index in [-0.39, 0.29) is 24.8 Å². The van der Waals surface area contributed by atoms with Gasteiger partial charge in [0.2, 0.25) is 0 Å². The van der Waals surface area contributed by atoms with E-state index in [4.69, 9.17) is 25.4 Å². The van der Waals surface area contributed by atoms with Gasteiger partial charge in [-0.3, -0.25) is 15.0 Å². The predicted molar refractivity (Wildman–Crippen MR) is 122 cm³/mol. The second kappa shape index (κ2) is 11.4. The molecule has 9 heteroatoms. The van der Waals surface area contributed by atoms with E-state index in [9.17, 15) is 14.7 Å². The third-order valence-electron chi connectivity index (χ3n) is 5.45. The van der Waals surface area contributed by atoms with Gasteiger partial charge in [0.15, 0.2) is 0 Å². The first-order valence-electron chi connectivity index (χ1n) is 10.7. The number of carboxylic acids is 1. The molecule has 1 atom stereocenters. The first kappa shape index (κ1) is 24.2. The van der Waals surface area contributed by atoms with Crippen LogP contribution in [0, 0.1) is 5.41 Å². The van der Waals surface area contributed by atoms with Crippen LogP contribution >= 0.6 is 0 Å². The average molecular weight is 456 g/mol. The zero-order valence-electron chi connectivity index (χ0n) is 18.6. The van der Waals surface area contributed by atoms with Crippen LogP contribution in [0.25, 0.3) is 0 Å². The van der Waals surface area contributed by atoms with Gasteiger partial charge in [0.05, 0.1) is 32.3 Å². The Bertz CT molecular complexity index is 992. The molecule has 0 fully saturated rings. The molecular weight excluding hydrogens is 426 g/mol. The summed E-state index contributed by atoms with van der Waals surface area (Å²) >= 11 is 0. The molecule has 1 unspecified atom stereocenters. The van der Waals surface area contributed by atoms with E-state index in [1.807, 2.05) is 18.2 Å². The molecule has 1 heterocycles. The number of methoxy groups -OCH3 is 1. The summed E-state index contributed by atoms with van der Waals surface area (Å²) in [7, 11) is 1.56. The normalized spacial score (nSPS) is 14.0. The maximum absolute atomic E-state index is 13.1. The minimum absolute atomic E-state index is 0.0167. The summed E-state index contributed by atoms with van der Waals surface area (Å²) in [6.45, 7) is 1.63. The number of amidine groups is 1. The number of rotatable bonds is 12. The molecule has 1 aliphatic rings. The van der Waals surface area contributed by atoms with Crippen LogP contribution in [0.4, 0.5) is 0 Å². The molecule has 0 spiro atoms. The van der Waals surface area contributed by atoms with Crippen molar-refractivity contribution < 1.29 is 28.9 Å². The van der Waals surface area contributed by atoms with Crippen LogP contribution < -0.4 is 10.5 Å². The van der Waals surface area contributed by atoms with Gasteiger partial charge in [0, 0.05) is 24.8 Å². The first-order chi connectivity index (χ1) is 15.9. The number of nitrogens with one attached hydrogen (secondary N) is 1. The lowest BCUT2D eigenvalue weighted by Crippen LogP contribution is -2.47. The monoisotopic (exact) mass is 455 g/mol. The van der Waals surface area contributed by atoms with Gasteiger partial charge < -0.3 is 30.0 Å². The largest absolute Gasteiger partial charge is 0.489 e. The number of nitrogens with two attached hydrogens (primary N) is 1. The number of hydrogen-bond acceptors (Lipinski definition) is 6. The lowest BCUT2D eigenvalue weighted by Gasteiger charge is -2.35. The van der Waals surface area contributed by atoms with E-state index in [2.05, 4.69) is 0 Å². The highest BCUT2D eigenvalue weighted by Crippen LogP contribution is 2.26. The highest BCUT2D eigenvalue weighted by molar-refractivity contribution is 5.97. The summed E-state index contributed by atoms with van der Waals surface area (Å²) in [6.07, 6.45) is 0.414. The van der Waals surface area contributed by atoms with Crippen molar-refractivity contribution in [2.24, 2.45) is 5.73 Å². The van der Waals surface area contributed by atoms with Crippen LogP contribution in [0.15, 0.2) is 42.5 Å². The maximum Gasteiger partial charge on any atom is 0.305 e. The van der Waals surface area contributed by atoms with Crippen LogP contribution in [-0.2, 0) is 27.3 Å². The van der Waals surface area contributed by atoms with Gasteiger partial charge in [-0.1, -0.05) is 24.3 Å². The number of nitrogen functional groups attached to an aromatic ring is 1. The molecule has 0 radical (unpaired) electrons. The zero-order valence-corrected chi connectivity index (χ0v) is 18.6. The number of carbonyl (C=O) groups is 2. The SMILES string of the molecule is COCCOCC(CC(=O)O)N1CCc2cc(OCc3ccc(C(=N)N)cc3)ccc2C1=O. The van der Waals surface area contributed by atoms with Gasteiger partial charge in [0.25, 0.3) is 5.91 Å². The van der Waals surface area contributed by atoms with Crippen LogP contribution in [-0.4, -0.2) is 67.2 Å². The van der Waals surface area contributed by atoms with Crippen LogP contribution in [0.1, 0.15) is 33.5 Å². The van der Waals surface area contributed by atoms with Crippen LogP contribution in [0.3, 0.4) is 0 Å². The van der Waals surface area contributed by atoms with E-state index in [1.54, 1.807) is 36.3 Å². The Hall–Kier alpha value is -3.43. The summed E-state index contributed by atoms with van der Waals surface area (Å²) in [5, 5.41) is 16.7. The smallest absolute Gasteiger partial charge is 0.305 e. The number of nitrogens with zero attached hydrogens (tertiary/aromatic N) is 1. The zero-order chi connectivity index (χ0) is 23.8. The highest BCUT2D eigenvalue weighted by Gasteiger charge is 2.31. The first-order valence-corrected chi connectivity index (χ1v) is 10.7. The topological polar surface area (TPSA) is 135 Å². The number of carbonyl (C=O) groups excluding carboxylic acids is 1. The maximum atomic E-state index is 13.1. The fraction of sp³-hybridized carbons (Fsp3) is 0.375. The highest BCUT2D eigenvalue weighted by atomic mass is 16.5. The Kier molecular flexibility index (Phi) is 8.39. The molecule has 0 saturated carbocycles. The molecule has 0 bridgehead atoms.